The maximum absolute atomic E-state index is 13.2. The van der Waals surface area contributed by atoms with Crippen molar-refractivity contribution in [3.8, 4) is 44.9 Å². The molecular formula is C58H68Cl2N2O6. The van der Waals surface area contributed by atoms with Gasteiger partial charge in [-0.05, 0) is 107 Å². The average Bonchev–Trinajstić information content (AvgIpc) is 3.30. The zero-order chi connectivity index (χ0) is 45.3. The first-order chi connectivity index (χ1) is 31.1. The number of aromatic carboxylic acids is 1. The lowest BCUT2D eigenvalue weighted by Crippen LogP contribution is -3.00. The van der Waals surface area contributed by atoms with Crippen LogP contribution in [0.4, 0.5) is 0 Å². The number of carbonyl (C=O) groups excluding carboxylic acids is 1. The minimum absolute atomic E-state index is 0. The number of benzene rings is 6. The average molecular weight is 960 g/mol. The molecule has 0 saturated carbocycles. The Hall–Kier alpha value is -6.22. The third-order valence-electron chi connectivity index (χ3n) is 12.1. The van der Waals surface area contributed by atoms with Crippen LogP contribution in [0.25, 0.3) is 66.8 Å². The third kappa shape index (κ3) is 12.1. The predicted molar refractivity (Wildman–Crippen MR) is 274 cm³/mol. The van der Waals surface area contributed by atoms with Crippen LogP contribution in [-0.2, 0) is 4.74 Å². The van der Waals surface area contributed by atoms with E-state index in [0.717, 1.165) is 135 Å². The number of hydrogen-bond acceptors (Lipinski definition) is 5. The summed E-state index contributed by atoms with van der Waals surface area (Å²) in [5.41, 5.74) is 10.0. The van der Waals surface area contributed by atoms with Crippen LogP contribution < -0.4 is 44.7 Å². The van der Waals surface area contributed by atoms with E-state index in [0.29, 0.717) is 17.7 Å². The van der Waals surface area contributed by atoms with Crippen LogP contribution in [0.2, 0.25) is 0 Å². The van der Waals surface area contributed by atoms with Crippen molar-refractivity contribution in [1.82, 2.24) is 9.15 Å². The third-order valence-corrected chi connectivity index (χ3v) is 12.1. The number of carboxylic acids is 1. The number of carbonyl (C=O) groups is 2. The fraction of sp³-hybridized carbons (Fsp3) is 0.310. The van der Waals surface area contributed by atoms with Crippen LogP contribution in [0.15, 0.2) is 130 Å². The van der Waals surface area contributed by atoms with Gasteiger partial charge in [0.25, 0.3) is 0 Å². The van der Waals surface area contributed by atoms with E-state index in [1.54, 1.807) is 12.1 Å². The normalized spacial score (nSPS) is 10.5. The summed E-state index contributed by atoms with van der Waals surface area (Å²) < 4.78 is 23.0. The topological polar surface area (TPSA) is 95.9 Å². The molecule has 0 fully saturated rings. The summed E-state index contributed by atoms with van der Waals surface area (Å²) in [5.74, 6) is 0.355. The number of nitrogens with zero attached hydrogens (tertiary/aromatic N) is 2. The first-order valence-electron chi connectivity index (χ1n) is 22.8. The van der Waals surface area contributed by atoms with Crippen molar-refractivity contribution >= 4 is 33.9 Å². The molecule has 2 aliphatic carbocycles. The molecule has 2 heterocycles. The molecule has 0 radical (unpaired) electrons. The van der Waals surface area contributed by atoms with Crippen molar-refractivity contribution in [3.63, 3.8) is 0 Å². The second-order valence-electron chi connectivity index (χ2n) is 16.3. The molecule has 68 heavy (non-hydrogen) atoms. The second-order valence-corrected chi connectivity index (χ2v) is 16.3. The Labute approximate surface area is 415 Å². The fourth-order valence-corrected chi connectivity index (χ4v) is 8.66. The largest absolute Gasteiger partial charge is 1.00 e. The van der Waals surface area contributed by atoms with E-state index in [1.807, 2.05) is 67.6 Å². The molecule has 1 N–H and O–H groups in total. The zero-order valence-corrected chi connectivity index (χ0v) is 40.6. The van der Waals surface area contributed by atoms with Gasteiger partial charge in [-0.25, -0.2) is 18.7 Å². The Morgan fingerprint density at radius 3 is 1.41 bits per heavy atom. The van der Waals surface area contributed by atoms with Crippen molar-refractivity contribution in [2.45, 2.75) is 89.0 Å². The van der Waals surface area contributed by atoms with Crippen molar-refractivity contribution in [1.29, 1.82) is 0 Å². The summed E-state index contributed by atoms with van der Waals surface area (Å²) in [6.07, 6.45) is 4.29. The summed E-state index contributed by atoms with van der Waals surface area (Å²) in [7, 11) is 0. The molecule has 4 aromatic rings. The van der Waals surface area contributed by atoms with Gasteiger partial charge in [-0.1, -0.05) is 102 Å². The quantitative estimate of drug-likeness (QED) is 0.0562. The van der Waals surface area contributed by atoms with Gasteiger partial charge in [0.1, 0.15) is 48.9 Å². The van der Waals surface area contributed by atoms with Crippen LogP contribution in [0.3, 0.4) is 0 Å². The maximum atomic E-state index is 13.2. The molecule has 8 rings (SSSR count). The van der Waals surface area contributed by atoms with E-state index >= 15 is 0 Å². The highest BCUT2D eigenvalue weighted by Crippen LogP contribution is 2.43. The fourth-order valence-electron chi connectivity index (χ4n) is 8.66. The summed E-state index contributed by atoms with van der Waals surface area (Å²) in [6, 6.07) is 39.8. The molecule has 0 amide bonds. The number of halogens is 2. The van der Waals surface area contributed by atoms with Crippen LogP contribution in [0.5, 0.6) is 0 Å². The van der Waals surface area contributed by atoms with E-state index in [2.05, 4.69) is 99.2 Å². The standard InChI is InChI=1S/C31H36NO3.C25H23NO3.2CH4.2ClH/c1-5-8-9-12-19-34-31(33)25-14-11-10-13-24(25)30-26-17-15-22(4)20-28(26)35-29-21-23(16-18-27(29)30)32(6-2)7-3;1-4-26(5-2)17-11-13-21-23(15-17)29-22-14-16(3)10-12-20(22)24(21)18-8-6-7-9-19(18)25(27)28;;;;/h10-11,13-18,20-21H,5-9,12,19H2,1-4H3;6-15H,4-5H2,1-3H3;2*1H4;2*1H/q+1;;;;;/p-1. The molecule has 0 aromatic heterocycles. The Morgan fingerprint density at radius 2 is 0.971 bits per heavy atom. The molecule has 0 bridgehead atoms. The van der Waals surface area contributed by atoms with Crippen molar-refractivity contribution in [2.75, 3.05) is 32.8 Å². The minimum Gasteiger partial charge on any atom is -1.00 e. The molecule has 0 atom stereocenters. The van der Waals surface area contributed by atoms with Gasteiger partial charge in [-0.15, -0.1) is 0 Å². The van der Waals surface area contributed by atoms with E-state index in [-0.39, 0.29) is 51.2 Å². The number of aryl methyl sites for hydroxylation is 2. The molecule has 0 unspecified atom stereocenters. The smallest absolute Gasteiger partial charge is 0.338 e. The van der Waals surface area contributed by atoms with Gasteiger partial charge in [0, 0.05) is 45.2 Å². The molecule has 10 heteroatoms. The summed E-state index contributed by atoms with van der Waals surface area (Å²) >= 11 is 0. The highest BCUT2D eigenvalue weighted by atomic mass is 35.5. The number of rotatable bonds is 13. The van der Waals surface area contributed by atoms with Gasteiger partial charge >= 0.3 is 11.9 Å². The highest BCUT2D eigenvalue weighted by Gasteiger charge is 2.24. The van der Waals surface area contributed by atoms with Crippen molar-refractivity contribution < 1.29 is 53.1 Å². The van der Waals surface area contributed by atoms with Crippen LogP contribution >= 0.6 is 0 Å². The maximum Gasteiger partial charge on any atom is 0.338 e. The molecule has 2 aliphatic heterocycles. The molecule has 4 aromatic carbocycles. The summed E-state index contributed by atoms with van der Waals surface area (Å²) in [4.78, 5) is 25.1. The molecule has 4 aliphatic rings. The number of esters is 1. The Balaban J connectivity index is 0.000000345. The molecule has 0 spiro atoms. The number of hydrogen-bond donors (Lipinski definition) is 1. The minimum atomic E-state index is -0.936. The van der Waals surface area contributed by atoms with Gasteiger partial charge in [-0.3, -0.25) is 0 Å². The number of fused-ring (bicyclic) bond motifs is 4. The molecule has 8 nitrogen and oxygen atoms in total. The van der Waals surface area contributed by atoms with Crippen molar-refractivity contribution in [3.05, 3.63) is 154 Å². The van der Waals surface area contributed by atoms with Gasteiger partial charge in [0.15, 0.2) is 0 Å². The Morgan fingerprint density at radius 1 is 0.529 bits per heavy atom. The highest BCUT2D eigenvalue weighted by molar-refractivity contribution is 6.09. The van der Waals surface area contributed by atoms with Crippen LogP contribution in [0, 0.1) is 13.8 Å². The number of ether oxygens (including phenoxy) is 1. The lowest BCUT2D eigenvalue weighted by atomic mass is 9.90. The van der Waals surface area contributed by atoms with Crippen LogP contribution in [-0.4, -0.2) is 49.8 Å². The Bertz CT molecular complexity index is 3040. The van der Waals surface area contributed by atoms with E-state index in [9.17, 15) is 14.7 Å². The predicted octanol–water partition coefficient (Wildman–Crippen LogP) is 7.37. The first kappa shape index (κ1) is 56.1. The van der Waals surface area contributed by atoms with E-state index in [1.165, 1.54) is 0 Å². The zero-order valence-electron chi connectivity index (χ0n) is 39.0. The number of unbranched alkanes of at least 4 members (excludes halogenated alkanes) is 3. The van der Waals surface area contributed by atoms with Gasteiger partial charge < -0.3 is 43.5 Å². The van der Waals surface area contributed by atoms with Gasteiger partial charge in [0.2, 0.25) is 10.7 Å². The van der Waals surface area contributed by atoms with Crippen molar-refractivity contribution in [2.24, 2.45) is 0 Å². The summed E-state index contributed by atoms with van der Waals surface area (Å²) in [6.45, 7) is 18.9. The Kier molecular flexibility index (Phi) is 21.3. The molecular weight excluding hydrogens is 892 g/mol. The lowest BCUT2D eigenvalue weighted by Gasteiger charge is -2.17. The van der Waals surface area contributed by atoms with Gasteiger partial charge in [-0.2, -0.15) is 0 Å². The van der Waals surface area contributed by atoms with Gasteiger partial charge in [0.05, 0.1) is 29.9 Å². The summed E-state index contributed by atoms with van der Waals surface area (Å²) in [5, 5.41) is 13.9. The molecule has 360 valence electrons. The SMILES string of the molecule is C.C.CCCCCCOC(=O)c1ccccc1-c1c2ccc(=[N+](CC)CC)cc-2oc2cc(C)ccc12.CC[N+](CC)=c1ccc2c(-c3ccccc3C(=O)O)c3ccc(C)cc3oc-2c1.[Cl-].[Cl-]. The first-order valence-corrected chi connectivity index (χ1v) is 22.8. The van der Waals surface area contributed by atoms with E-state index < -0.39 is 5.97 Å². The van der Waals surface area contributed by atoms with E-state index in [4.69, 9.17) is 13.6 Å². The lowest BCUT2D eigenvalue weighted by molar-refractivity contribution is -0.00100. The number of carboxylic acid groups (broad SMARTS) is 1. The molecule has 0 saturated heterocycles. The second kappa shape index (κ2) is 25.8. The van der Waals surface area contributed by atoms with Crippen LogP contribution in [0.1, 0.15) is 107 Å². The monoisotopic (exact) mass is 958 g/mol.